The van der Waals surface area contributed by atoms with Crippen molar-refractivity contribution in [2.24, 2.45) is 16.7 Å². The highest BCUT2D eigenvalue weighted by Crippen LogP contribution is 2.69. The molecule has 21 heavy (non-hydrogen) atoms. The Balaban J connectivity index is 1.71. The molecule has 2 aromatic rings. The molecule has 0 amide bonds. The number of benzene rings is 1. The summed E-state index contributed by atoms with van der Waals surface area (Å²) in [7, 11) is 0. The number of aliphatic hydroxyl groups is 1. The van der Waals surface area contributed by atoms with Gasteiger partial charge in [0.2, 0.25) is 0 Å². The zero-order valence-electron chi connectivity index (χ0n) is 13.1. The van der Waals surface area contributed by atoms with Crippen LogP contribution in [0, 0.1) is 16.7 Å². The van der Waals surface area contributed by atoms with Crippen LogP contribution in [0.4, 0.5) is 0 Å². The first kappa shape index (κ1) is 14.7. The van der Waals surface area contributed by atoms with Crippen LogP contribution >= 0.6 is 11.3 Å². The predicted molar refractivity (Wildman–Crippen MR) is 88.3 cm³/mol. The molecule has 1 aromatic carbocycles. The van der Waals surface area contributed by atoms with Gasteiger partial charge in [0.15, 0.2) is 0 Å². The molecule has 1 atom stereocenters. The van der Waals surface area contributed by atoms with E-state index in [1.165, 1.54) is 0 Å². The highest BCUT2D eigenvalue weighted by Gasteiger charge is 2.66. The minimum atomic E-state index is -0.301. The van der Waals surface area contributed by atoms with Crippen LogP contribution in [0.3, 0.4) is 0 Å². The summed E-state index contributed by atoms with van der Waals surface area (Å²) in [5.41, 5.74) is 2.58. The van der Waals surface area contributed by atoms with Gasteiger partial charge in [-0.15, -0.1) is 11.3 Å². The molecule has 1 aromatic heterocycles. The van der Waals surface area contributed by atoms with Gasteiger partial charge >= 0.3 is 0 Å². The van der Waals surface area contributed by atoms with Gasteiger partial charge in [-0.3, -0.25) is 0 Å². The van der Waals surface area contributed by atoms with E-state index in [1.54, 1.807) is 11.3 Å². The molecule has 1 fully saturated rings. The number of hydrogen-bond donors (Lipinski definition) is 1. The van der Waals surface area contributed by atoms with Gasteiger partial charge in [-0.2, -0.15) is 0 Å². The summed E-state index contributed by atoms with van der Waals surface area (Å²) in [6, 6.07) is 10.2. The molecule has 0 bridgehead atoms. The molecule has 1 aliphatic carbocycles. The first-order chi connectivity index (χ1) is 9.84. The third-order valence-corrected chi connectivity index (χ3v) is 6.39. The van der Waals surface area contributed by atoms with E-state index in [-0.39, 0.29) is 16.9 Å². The Kier molecular flexibility index (Phi) is 3.45. The van der Waals surface area contributed by atoms with Crippen molar-refractivity contribution in [3.63, 3.8) is 0 Å². The monoisotopic (exact) mass is 301 g/mol. The Hall–Kier alpha value is -1.19. The van der Waals surface area contributed by atoms with Crippen molar-refractivity contribution in [2.45, 2.75) is 40.2 Å². The van der Waals surface area contributed by atoms with Crippen LogP contribution in [0.1, 0.15) is 32.7 Å². The molecule has 3 rings (SSSR count). The summed E-state index contributed by atoms with van der Waals surface area (Å²) >= 11 is 1.65. The van der Waals surface area contributed by atoms with E-state index in [9.17, 15) is 5.11 Å². The van der Waals surface area contributed by atoms with Crippen LogP contribution < -0.4 is 0 Å². The molecule has 3 heteroatoms. The van der Waals surface area contributed by atoms with E-state index in [1.807, 2.05) is 18.2 Å². The molecule has 1 unspecified atom stereocenters. The predicted octanol–water partition coefficient (Wildman–Crippen LogP) is 4.40. The van der Waals surface area contributed by atoms with Gasteiger partial charge in [-0.25, -0.2) is 4.98 Å². The van der Waals surface area contributed by atoms with Crippen LogP contribution in [0.15, 0.2) is 35.7 Å². The Morgan fingerprint density at radius 3 is 2.33 bits per heavy atom. The number of hydrogen-bond acceptors (Lipinski definition) is 3. The van der Waals surface area contributed by atoms with Gasteiger partial charge in [0.1, 0.15) is 0 Å². The van der Waals surface area contributed by atoms with E-state index in [0.29, 0.717) is 12.3 Å². The van der Waals surface area contributed by atoms with Gasteiger partial charge in [0.25, 0.3) is 0 Å². The summed E-state index contributed by atoms with van der Waals surface area (Å²) in [6.07, 6.45) is 0.361. The number of rotatable bonds is 4. The van der Waals surface area contributed by atoms with Crippen molar-refractivity contribution in [1.29, 1.82) is 0 Å². The lowest BCUT2D eigenvalue weighted by Gasteiger charge is -2.10. The summed E-state index contributed by atoms with van der Waals surface area (Å²) in [6.45, 7) is 8.99. The molecule has 0 radical (unpaired) electrons. The zero-order valence-corrected chi connectivity index (χ0v) is 13.9. The fourth-order valence-corrected chi connectivity index (χ4v) is 4.51. The lowest BCUT2D eigenvalue weighted by Crippen LogP contribution is -2.17. The smallest absolute Gasteiger partial charge is 0.0958 e. The normalized spacial score (nSPS) is 21.2. The van der Waals surface area contributed by atoms with E-state index >= 15 is 0 Å². The maximum absolute atomic E-state index is 10.6. The fraction of sp³-hybridized carbons (Fsp3) is 0.500. The average Bonchev–Trinajstić information content (AvgIpc) is 2.77. The van der Waals surface area contributed by atoms with E-state index in [2.05, 4.69) is 50.2 Å². The lowest BCUT2D eigenvalue weighted by molar-refractivity contribution is 0.129. The van der Waals surface area contributed by atoms with Crippen LogP contribution in [-0.4, -0.2) is 16.2 Å². The number of nitrogens with zero attached hydrogens (tertiary/aromatic N) is 1. The second kappa shape index (κ2) is 4.92. The Morgan fingerprint density at radius 1 is 1.14 bits per heavy atom. The van der Waals surface area contributed by atoms with Crippen molar-refractivity contribution in [3.05, 3.63) is 40.7 Å². The average molecular weight is 301 g/mol. The number of aliphatic hydroxyl groups excluding tert-OH is 1. The Morgan fingerprint density at radius 2 is 1.76 bits per heavy atom. The second-order valence-corrected chi connectivity index (χ2v) is 8.13. The largest absolute Gasteiger partial charge is 0.392 e. The van der Waals surface area contributed by atoms with Crippen molar-refractivity contribution in [3.8, 4) is 11.3 Å². The molecular formula is C18H23NOS. The summed E-state index contributed by atoms with van der Waals surface area (Å²) in [5.74, 6) is 0.356. The van der Waals surface area contributed by atoms with Gasteiger partial charge < -0.3 is 5.11 Å². The highest BCUT2D eigenvalue weighted by atomic mass is 32.1. The van der Waals surface area contributed by atoms with Crippen molar-refractivity contribution < 1.29 is 5.11 Å². The lowest BCUT2D eigenvalue weighted by atomic mass is 10.0. The molecule has 0 saturated heterocycles. The van der Waals surface area contributed by atoms with E-state index in [4.69, 9.17) is 0 Å². The SMILES string of the molecule is CC1(C)C(C(O)Cc2nc(-c3ccccc3)cs2)C1(C)C. The quantitative estimate of drug-likeness (QED) is 0.908. The second-order valence-electron chi connectivity index (χ2n) is 7.19. The van der Waals surface area contributed by atoms with Crippen LogP contribution in [-0.2, 0) is 6.42 Å². The molecule has 0 spiro atoms. The summed E-state index contributed by atoms with van der Waals surface area (Å²) < 4.78 is 0. The maximum atomic E-state index is 10.6. The van der Waals surface area contributed by atoms with Gasteiger partial charge in [0.05, 0.1) is 16.8 Å². The minimum absolute atomic E-state index is 0.214. The third kappa shape index (κ3) is 2.43. The molecule has 0 aliphatic heterocycles. The number of aromatic nitrogens is 1. The topological polar surface area (TPSA) is 33.1 Å². The maximum Gasteiger partial charge on any atom is 0.0958 e. The minimum Gasteiger partial charge on any atom is -0.392 e. The van der Waals surface area contributed by atoms with Crippen LogP contribution in [0.5, 0.6) is 0 Å². The highest BCUT2D eigenvalue weighted by molar-refractivity contribution is 7.09. The van der Waals surface area contributed by atoms with Crippen molar-refractivity contribution in [2.75, 3.05) is 0 Å². The van der Waals surface area contributed by atoms with Crippen molar-refractivity contribution in [1.82, 2.24) is 4.98 Å². The van der Waals surface area contributed by atoms with Gasteiger partial charge in [-0.05, 0) is 16.7 Å². The molecule has 112 valence electrons. The molecule has 1 N–H and O–H groups in total. The molecule has 1 saturated carbocycles. The first-order valence-corrected chi connectivity index (χ1v) is 8.40. The summed E-state index contributed by atoms with van der Waals surface area (Å²) in [4.78, 5) is 4.68. The van der Waals surface area contributed by atoms with Crippen LogP contribution in [0.25, 0.3) is 11.3 Å². The molecular weight excluding hydrogens is 278 g/mol. The van der Waals surface area contributed by atoms with Crippen molar-refractivity contribution >= 4 is 11.3 Å². The standard InChI is InChI=1S/C18H23NOS/c1-17(2)16(18(17,3)4)14(20)10-15-19-13(11-21-15)12-8-6-5-7-9-12/h5-9,11,14,16,20H,10H2,1-4H3. The first-order valence-electron chi connectivity index (χ1n) is 7.52. The van der Waals surface area contributed by atoms with Gasteiger partial charge in [0, 0.05) is 17.4 Å². The van der Waals surface area contributed by atoms with E-state index < -0.39 is 0 Å². The Bertz CT molecular complexity index is 616. The Labute approximate surface area is 130 Å². The fourth-order valence-electron chi connectivity index (χ4n) is 3.65. The molecule has 1 aliphatic rings. The third-order valence-electron chi connectivity index (χ3n) is 5.52. The number of thiazole rings is 1. The van der Waals surface area contributed by atoms with E-state index in [0.717, 1.165) is 16.3 Å². The zero-order chi connectivity index (χ0) is 15.3. The molecule has 2 nitrogen and oxygen atoms in total. The van der Waals surface area contributed by atoms with Gasteiger partial charge in [-0.1, -0.05) is 58.0 Å². The molecule has 1 heterocycles. The summed E-state index contributed by atoms with van der Waals surface area (Å²) in [5, 5.41) is 13.7. The van der Waals surface area contributed by atoms with Crippen LogP contribution in [0.2, 0.25) is 0 Å².